The van der Waals surface area contributed by atoms with Crippen LogP contribution in [0.4, 0.5) is 5.13 Å². The maximum atomic E-state index is 12.2. The summed E-state index contributed by atoms with van der Waals surface area (Å²) in [5.74, 6) is -0.731. The van der Waals surface area contributed by atoms with E-state index in [1.165, 1.54) is 15.9 Å². The molecule has 108 valence electrons. The van der Waals surface area contributed by atoms with E-state index in [-0.39, 0.29) is 5.91 Å². The number of anilines is 1. The van der Waals surface area contributed by atoms with Crippen molar-refractivity contribution < 1.29 is 9.21 Å². The number of nitrogens with zero attached hydrogens (tertiary/aromatic N) is 2. The molecule has 0 aliphatic rings. The molecule has 0 fully saturated rings. The number of oxazole rings is 1. The van der Waals surface area contributed by atoms with Gasteiger partial charge in [-0.3, -0.25) is 14.7 Å². The first kappa shape index (κ1) is 13.6. The number of hydrogen-bond acceptors (Lipinski definition) is 5. The Morgan fingerprint density at radius 2 is 2.14 bits per heavy atom. The first-order chi connectivity index (χ1) is 9.95. The Morgan fingerprint density at radius 1 is 1.38 bits per heavy atom. The zero-order chi connectivity index (χ0) is 15.1. The largest absolute Gasteiger partial charge is 0.419 e. The molecule has 0 radical (unpaired) electrons. The second-order valence-electron chi connectivity index (χ2n) is 4.72. The highest BCUT2D eigenvalue weighted by atomic mass is 32.1. The van der Waals surface area contributed by atoms with Crippen LogP contribution in [-0.2, 0) is 7.05 Å². The van der Waals surface area contributed by atoms with Crippen LogP contribution in [0.1, 0.15) is 20.9 Å². The molecule has 2 heterocycles. The third-order valence-electron chi connectivity index (χ3n) is 3.30. The minimum Gasteiger partial charge on any atom is -0.408 e. The van der Waals surface area contributed by atoms with Crippen LogP contribution in [0.25, 0.3) is 11.1 Å². The number of hydrogen-bond donors (Lipinski definition) is 1. The van der Waals surface area contributed by atoms with E-state index in [1.54, 1.807) is 25.2 Å². The molecule has 0 unspecified atom stereocenters. The van der Waals surface area contributed by atoms with Crippen LogP contribution in [0.2, 0.25) is 0 Å². The number of nitrogens with one attached hydrogen (secondary N) is 1. The summed E-state index contributed by atoms with van der Waals surface area (Å²) >= 11 is 1.43. The van der Waals surface area contributed by atoms with Gasteiger partial charge in [-0.05, 0) is 32.0 Å². The van der Waals surface area contributed by atoms with E-state index in [9.17, 15) is 9.59 Å². The van der Waals surface area contributed by atoms with Gasteiger partial charge in [0.1, 0.15) is 0 Å². The molecule has 6 nitrogen and oxygen atoms in total. The van der Waals surface area contributed by atoms with Crippen LogP contribution in [0.5, 0.6) is 0 Å². The number of fused-ring (bicyclic) bond motifs is 1. The summed E-state index contributed by atoms with van der Waals surface area (Å²) in [6.07, 6.45) is 0. The van der Waals surface area contributed by atoms with Gasteiger partial charge in [0, 0.05) is 17.5 Å². The monoisotopic (exact) mass is 303 g/mol. The number of rotatable bonds is 2. The number of aryl methyl sites for hydroxylation is 3. The highest BCUT2D eigenvalue weighted by Gasteiger charge is 2.13. The fourth-order valence-electron chi connectivity index (χ4n) is 1.97. The van der Waals surface area contributed by atoms with Crippen molar-refractivity contribution in [1.29, 1.82) is 0 Å². The summed E-state index contributed by atoms with van der Waals surface area (Å²) in [7, 11) is 1.62. The molecule has 7 heteroatoms. The van der Waals surface area contributed by atoms with Gasteiger partial charge in [0.05, 0.1) is 11.2 Å². The van der Waals surface area contributed by atoms with Gasteiger partial charge in [-0.25, -0.2) is 9.78 Å². The van der Waals surface area contributed by atoms with E-state index in [2.05, 4.69) is 10.3 Å². The first-order valence-electron chi connectivity index (χ1n) is 6.30. The molecule has 21 heavy (non-hydrogen) atoms. The third-order valence-corrected chi connectivity index (χ3v) is 4.29. The third kappa shape index (κ3) is 2.36. The maximum absolute atomic E-state index is 12.2. The fourth-order valence-corrected chi connectivity index (χ4v) is 2.78. The Labute approximate surface area is 124 Å². The summed E-state index contributed by atoms with van der Waals surface area (Å²) in [5.41, 5.74) is 2.36. The van der Waals surface area contributed by atoms with Crippen LogP contribution in [0, 0.1) is 13.8 Å². The lowest BCUT2D eigenvalue weighted by Gasteiger charge is -2.01. The standard InChI is InChI=1S/C14H13N3O3S/c1-7-8(2)21-13(15-7)16-12(18)9-4-5-10-11(6-9)20-14(19)17(10)3/h4-6H,1-3H3,(H,15,16,18). The normalized spacial score (nSPS) is 11.0. The predicted octanol–water partition coefficient (Wildman–Crippen LogP) is 2.46. The Bertz CT molecular complexity index is 884. The van der Waals surface area contributed by atoms with Crippen molar-refractivity contribution in [3.63, 3.8) is 0 Å². The van der Waals surface area contributed by atoms with E-state index >= 15 is 0 Å². The second-order valence-corrected chi connectivity index (χ2v) is 5.93. The SMILES string of the molecule is Cc1nc(NC(=O)c2ccc3c(c2)oc(=O)n3C)sc1C. The molecule has 1 N–H and O–H groups in total. The Balaban J connectivity index is 1.92. The van der Waals surface area contributed by atoms with Crippen molar-refractivity contribution in [1.82, 2.24) is 9.55 Å². The molecule has 1 aromatic carbocycles. The Kier molecular flexibility index (Phi) is 3.13. The minimum atomic E-state index is -0.450. The molecular formula is C14H13N3O3S. The number of carbonyl (C=O) groups excluding carboxylic acids is 1. The van der Waals surface area contributed by atoms with Crippen LogP contribution in [-0.4, -0.2) is 15.5 Å². The number of carbonyl (C=O) groups is 1. The van der Waals surface area contributed by atoms with Gasteiger partial charge in [-0.15, -0.1) is 11.3 Å². The molecule has 1 amide bonds. The average Bonchev–Trinajstić information content (AvgIpc) is 2.90. The predicted molar refractivity (Wildman–Crippen MR) is 81.0 cm³/mol. The highest BCUT2D eigenvalue weighted by molar-refractivity contribution is 7.15. The molecule has 0 saturated heterocycles. The van der Waals surface area contributed by atoms with Crippen LogP contribution in [0.15, 0.2) is 27.4 Å². The maximum Gasteiger partial charge on any atom is 0.419 e. The Hall–Kier alpha value is -2.41. The number of benzene rings is 1. The van der Waals surface area contributed by atoms with Crippen molar-refractivity contribution in [3.8, 4) is 0 Å². The van der Waals surface area contributed by atoms with E-state index in [1.807, 2.05) is 13.8 Å². The van der Waals surface area contributed by atoms with Crippen LogP contribution in [0.3, 0.4) is 0 Å². The molecule has 0 aliphatic heterocycles. The van der Waals surface area contributed by atoms with Crippen LogP contribution < -0.4 is 11.1 Å². The Morgan fingerprint density at radius 3 is 2.81 bits per heavy atom. The van der Waals surface area contributed by atoms with Crippen LogP contribution >= 0.6 is 11.3 Å². The average molecular weight is 303 g/mol. The summed E-state index contributed by atoms with van der Waals surface area (Å²) in [5, 5.41) is 3.31. The fraction of sp³-hybridized carbons (Fsp3) is 0.214. The second kappa shape index (κ2) is 4.85. The summed E-state index contributed by atoms with van der Waals surface area (Å²) in [6.45, 7) is 3.85. The smallest absolute Gasteiger partial charge is 0.408 e. The van der Waals surface area contributed by atoms with Crippen molar-refractivity contribution in [2.24, 2.45) is 7.05 Å². The van der Waals surface area contributed by atoms with Gasteiger partial charge < -0.3 is 4.42 Å². The molecule has 0 saturated carbocycles. The van der Waals surface area contributed by atoms with Crippen molar-refractivity contribution in [2.45, 2.75) is 13.8 Å². The van der Waals surface area contributed by atoms with E-state index in [0.29, 0.717) is 21.8 Å². The van der Waals surface area contributed by atoms with Gasteiger partial charge in [0.25, 0.3) is 5.91 Å². The van der Waals surface area contributed by atoms with Crippen molar-refractivity contribution in [2.75, 3.05) is 5.32 Å². The van der Waals surface area contributed by atoms with Crippen molar-refractivity contribution in [3.05, 3.63) is 44.9 Å². The zero-order valence-corrected chi connectivity index (χ0v) is 12.6. The lowest BCUT2D eigenvalue weighted by atomic mass is 10.2. The lowest BCUT2D eigenvalue weighted by Crippen LogP contribution is -2.11. The van der Waals surface area contributed by atoms with E-state index < -0.39 is 5.76 Å². The molecular weight excluding hydrogens is 290 g/mol. The zero-order valence-electron chi connectivity index (χ0n) is 11.8. The first-order valence-corrected chi connectivity index (χ1v) is 7.12. The molecule has 0 spiro atoms. The summed E-state index contributed by atoms with van der Waals surface area (Å²) in [4.78, 5) is 29.0. The topological polar surface area (TPSA) is 77.1 Å². The van der Waals surface area contributed by atoms with Gasteiger partial charge in [0.2, 0.25) is 0 Å². The van der Waals surface area contributed by atoms with E-state index in [4.69, 9.17) is 4.42 Å². The van der Waals surface area contributed by atoms with E-state index in [0.717, 1.165) is 10.6 Å². The van der Waals surface area contributed by atoms with Gasteiger partial charge in [0.15, 0.2) is 10.7 Å². The summed E-state index contributed by atoms with van der Waals surface area (Å²) < 4.78 is 6.47. The molecule has 2 aromatic heterocycles. The number of aromatic nitrogens is 2. The molecule has 0 bridgehead atoms. The molecule has 3 aromatic rings. The van der Waals surface area contributed by atoms with Gasteiger partial charge >= 0.3 is 5.76 Å². The van der Waals surface area contributed by atoms with Crippen molar-refractivity contribution >= 4 is 33.5 Å². The number of amides is 1. The number of thiazole rings is 1. The minimum absolute atomic E-state index is 0.280. The lowest BCUT2D eigenvalue weighted by molar-refractivity contribution is 0.102. The quantitative estimate of drug-likeness (QED) is 0.789. The van der Waals surface area contributed by atoms with Gasteiger partial charge in [-0.2, -0.15) is 0 Å². The van der Waals surface area contributed by atoms with Gasteiger partial charge in [-0.1, -0.05) is 0 Å². The molecule has 3 rings (SSSR count). The highest BCUT2D eigenvalue weighted by Crippen LogP contribution is 2.22. The molecule has 0 atom stereocenters. The molecule has 0 aliphatic carbocycles. The summed E-state index contributed by atoms with van der Waals surface area (Å²) in [6, 6.07) is 4.90.